The molecule has 0 atom stereocenters. The number of hydrogen-bond donors (Lipinski definition) is 0. The molecule has 0 spiro atoms. The summed E-state index contributed by atoms with van der Waals surface area (Å²) in [5.41, 5.74) is 0.404. The molecule has 28 valence electrons. The first-order chi connectivity index (χ1) is 1.41. The van der Waals surface area contributed by atoms with Crippen molar-refractivity contribution in [1.29, 1.82) is 0 Å². The molecule has 0 aromatic heterocycles. The second kappa shape index (κ2) is 8.91. The van der Waals surface area contributed by atoms with Gasteiger partial charge in [-0.2, -0.15) is 0 Å². The van der Waals surface area contributed by atoms with E-state index in [1.165, 1.54) is 0 Å². The Kier molecular flexibility index (Phi) is 21.0. The molecule has 0 amide bonds. The van der Waals surface area contributed by atoms with E-state index in [9.17, 15) is 0 Å². The molecule has 0 radical (unpaired) electrons. The summed E-state index contributed by atoms with van der Waals surface area (Å²) in [7, 11) is 0. The van der Waals surface area contributed by atoms with Crippen molar-refractivity contribution < 1.29 is 0 Å². The van der Waals surface area contributed by atoms with E-state index in [-0.39, 0.29) is 17.6 Å². The van der Waals surface area contributed by atoms with Crippen molar-refractivity contribution in [3.63, 3.8) is 0 Å². The van der Waals surface area contributed by atoms with Gasteiger partial charge in [-0.3, -0.25) is 0 Å². The van der Waals surface area contributed by atoms with Crippen LogP contribution >= 0.6 is 0 Å². The van der Waals surface area contributed by atoms with E-state index in [4.69, 9.17) is 0 Å². The van der Waals surface area contributed by atoms with Crippen LogP contribution in [0.25, 0.3) is 0 Å². The first-order valence-electron chi connectivity index (χ1n) is 0.632. The van der Waals surface area contributed by atoms with Crippen LogP contribution in [0.2, 0.25) is 0 Å². The van der Waals surface area contributed by atoms with Crippen molar-refractivity contribution in [2.24, 2.45) is 0 Å². The normalized spacial score (nSPS) is 7.50. The Morgan fingerprint density at radius 1 is 1.75 bits per heavy atom. The summed E-state index contributed by atoms with van der Waals surface area (Å²) in [6, 6.07) is 0. The summed E-state index contributed by atoms with van der Waals surface area (Å²) >= 11 is 4.59. The van der Waals surface area contributed by atoms with Gasteiger partial charge in [0.15, 0.2) is 0 Å². The van der Waals surface area contributed by atoms with Crippen molar-refractivity contribution in [3.8, 4) is 0 Å². The number of hydrogen-bond acceptors (Lipinski definition) is 0. The van der Waals surface area contributed by atoms with Crippen LogP contribution in [0.1, 0.15) is 0 Å². The summed E-state index contributed by atoms with van der Waals surface area (Å²) in [5.74, 6) is 0. The standard InChI is InChI=1S/GeH4.H4SeSiTe/c;1-2-3/h1H4;1,3H,2H2. The maximum absolute atomic E-state index is 2.63. The van der Waals surface area contributed by atoms with Gasteiger partial charge in [0, 0.05) is 0 Å². The van der Waals surface area contributed by atoms with Gasteiger partial charge in [0.2, 0.25) is 0 Å². The Morgan fingerprint density at radius 2 is 1.75 bits per heavy atom. The third-order valence-electron chi connectivity index (χ3n) is 0. The zero-order valence-electron chi connectivity index (χ0n) is 1.60. The van der Waals surface area contributed by atoms with E-state index in [1.54, 1.807) is 0 Å². The molecule has 0 aromatic carbocycles. The van der Waals surface area contributed by atoms with Crippen molar-refractivity contribution >= 4 is 60.2 Å². The average molecular weight is 315 g/mol. The van der Waals surface area contributed by atoms with E-state index in [2.05, 4.69) is 15.4 Å². The molecular weight excluding hydrogens is 307 g/mol. The summed E-state index contributed by atoms with van der Waals surface area (Å²) in [6.45, 7) is 0. The van der Waals surface area contributed by atoms with Gasteiger partial charge in [0.25, 0.3) is 0 Å². The Bertz CT molecular complexity index is 8.00. The predicted molar refractivity (Wildman–Crippen MR) is 34.2 cm³/mol. The van der Waals surface area contributed by atoms with E-state index >= 15 is 0 Å². The van der Waals surface area contributed by atoms with Gasteiger partial charge in [-0.1, -0.05) is 0 Å². The molecule has 0 unspecified atom stereocenters. The van der Waals surface area contributed by atoms with Crippen LogP contribution < -0.4 is 0 Å². The van der Waals surface area contributed by atoms with Crippen LogP contribution in [0, 0.1) is 0 Å². The predicted octanol–water partition coefficient (Wildman–Crippen LogP) is -3.66. The zero-order chi connectivity index (χ0) is 2.71. The molecule has 0 aliphatic rings. The molecule has 0 aliphatic heterocycles. The molecule has 0 saturated carbocycles. The Labute approximate surface area is 59.5 Å². The summed E-state index contributed by atoms with van der Waals surface area (Å²) in [6.07, 6.45) is 0. The molecule has 4 heavy (non-hydrogen) atoms. The second-order valence-corrected chi connectivity index (χ2v) is 14.8. The topological polar surface area (TPSA) is 0 Å². The molecular formula is H8GeSeSiTe. The van der Waals surface area contributed by atoms with Crippen LogP contribution in [-0.4, -0.2) is 60.2 Å². The van der Waals surface area contributed by atoms with Gasteiger partial charge in [0.1, 0.15) is 0 Å². The average Bonchev–Trinajstić information content (AvgIpc) is 0.918. The first-order valence-corrected chi connectivity index (χ1v) is 11.3. The molecule has 0 bridgehead atoms. The van der Waals surface area contributed by atoms with Crippen LogP contribution in [-0.2, 0) is 0 Å². The molecule has 0 saturated heterocycles. The minimum absolute atomic E-state index is 0. The molecule has 0 aromatic rings. The molecule has 0 nitrogen and oxygen atoms in total. The molecule has 0 heterocycles. The monoisotopic (exact) mass is 320 g/mol. The van der Waals surface area contributed by atoms with Crippen LogP contribution in [0.3, 0.4) is 0 Å². The third-order valence-corrected chi connectivity index (χ3v) is 0. The summed E-state index contributed by atoms with van der Waals surface area (Å²) in [4.78, 5) is 0. The number of rotatable bonds is 0. The van der Waals surface area contributed by atoms with Crippen molar-refractivity contribution in [2.45, 2.75) is 0 Å². The van der Waals surface area contributed by atoms with E-state index in [0.29, 0.717) is 5.67 Å². The van der Waals surface area contributed by atoms with E-state index in [1.807, 2.05) is 21.5 Å². The molecule has 0 N–H and O–H groups in total. The fourth-order valence-corrected chi connectivity index (χ4v) is 0. The summed E-state index contributed by atoms with van der Waals surface area (Å²) < 4.78 is 0. The van der Waals surface area contributed by atoms with Crippen molar-refractivity contribution in [1.82, 2.24) is 0 Å². The van der Waals surface area contributed by atoms with Gasteiger partial charge < -0.3 is 0 Å². The maximum atomic E-state index is 2.63. The zero-order valence-corrected chi connectivity index (χ0v) is 7.45. The Balaban J connectivity index is 0. The molecule has 0 aliphatic carbocycles. The van der Waals surface area contributed by atoms with Gasteiger partial charge in [-0.05, 0) is 0 Å². The van der Waals surface area contributed by atoms with Gasteiger partial charge in [0.05, 0.1) is 0 Å². The fourth-order valence-electron chi connectivity index (χ4n) is 0. The third kappa shape index (κ3) is 8.95. The Hall–Kier alpha value is 2.07. The SMILES string of the molecule is [GeH4].[SeH][SiH2][TeH]. The summed E-state index contributed by atoms with van der Waals surface area (Å²) in [5, 5.41) is 0. The molecule has 0 rings (SSSR count). The van der Waals surface area contributed by atoms with E-state index in [0.717, 1.165) is 0 Å². The quantitative estimate of drug-likeness (QED) is 0.404. The van der Waals surface area contributed by atoms with Crippen LogP contribution in [0.15, 0.2) is 0 Å². The van der Waals surface area contributed by atoms with E-state index < -0.39 is 0 Å². The van der Waals surface area contributed by atoms with Crippen molar-refractivity contribution in [3.05, 3.63) is 0 Å². The van der Waals surface area contributed by atoms with Gasteiger partial charge in [-0.15, -0.1) is 0 Å². The minimum atomic E-state index is 0. The first kappa shape index (κ1) is 9.42. The molecule has 4 heteroatoms. The van der Waals surface area contributed by atoms with Gasteiger partial charge >= 0.3 is 60.2 Å². The Morgan fingerprint density at radius 3 is 1.75 bits per heavy atom. The van der Waals surface area contributed by atoms with Gasteiger partial charge in [-0.25, -0.2) is 0 Å². The van der Waals surface area contributed by atoms with Crippen LogP contribution in [0.5, 0.6) is 0 Å². The van der Waals surface area contributed by atoms with Crippen molar-refractivity contribution in [2.75, 3.05) is 0 Å². The fraction of sp³-hybridized carbons (Fsp3) is 0. The second-order valence-electron chi connectivity index (χ2n) is 0.141. The van der Waals surface area contributed by atoms with Crippen LogP contribution in [0.4, 0.5) is 0 Å². The molecule has 0 fully saturated rings.